The van der Waals surface area contributed by atoms with E-state index in [2.05, 4.69) is 39.5 Å². The molecule has 0 rings (SSSR count). The second-order valence-electron chi connectivity index (χ2n) is 5.79. The predicted octanol–water partition coefficient (Wildman–Crippen LogP) is 2.34. The lowest BCUT2D eigenvalue weighted by Crippen LogP contribution is -2.35. The summed E-state index contributed by atoms with van der Waals surface area (Å²) in [7, 11) is 0. The smallest absolute Gasteiger partial charge is 0.0105 e. The number of nitrogens with zero attached hydrogens (tertiary/aromatic N) is 1. The van der Waals surface area contributed by atoms with Crippen LogP contribution in [0.5, 0.6) is 0 Å². The van der Waals surface area contributed by atoms with Crippen molar-refractivity contribution in [2.24, 2.45) is 17.1 Å². The van der Waals surface area contributed by atoms with Crippen molar-refractivity contribution in [2.45, 2.75) is 41.0 Å². The summed E-state index contributed by atoms with van der Waals surface area (Å²) in [5.41, 5.74) is 6.04. The van der Waals surface area contributed by atoms with E-state index in [0.717, 1.165) is 19.0 Å². The summed E-state index contributed by atoms with van der Waals surface area (Å²) in [6.07, 6.45) is 1.25. The molecule has 0 unspecified atom stereocenters. The van der Waals surface area contributed by atoms with Crippen LogP contribution in [0.2, 0.25) is 0 Å². The van der Waals surface area contributed by atoms with Crippen molar-refractivity contribution >= 4 is 0 Å². The third kappa shape index (κ3) is 8.52. The summed E-state index contributed by atoms with van der Waals surface area (Å²) in [6, 6.07) is 0. The van der Waals surface area contributed by atoms with E-state index in [1.54, 1.807) is 0 Å². The molecule has 0 aliphatic heterocycles. The van der Waals surface area contributed by atoms with Gasteiger partial charge in [-0.2, -0.15) is 0 Å². The van der Waals surface area contributed by atoms with Gasteiger partial charge in [-0.3, -0.25) is 0 Å². The van der Waals surface area contributed by atoms with Gasteiger partial charge in [0.25, 0.3) is 0 Å². The average Bonchev–Trinajstić information content (AvgIpc) is 1.98. The maximum absolute atomic E-state index is 5.60. The molecule has 0 aromatic carbocycles. The van der Waals surface area contributed by atoms with Crippen molar-refractivity contribution in [1.82, 2.24) is 4.90 Å². The summed E-state index contributed by atoms with van der Waals surface area (Å²) < 4.78 is 0. The fraction of sp³-hybridized carbons (Fsp3) is 1.00. The van der Waals surface area contributed by atoms with E-state index in [-0.39, 0.29) is 0 Å². The van der Waals surface area contributed by atoms with Gasteiger partial charge in [0.1, 0.15) is 0 Å². The Bertz CT molecular complexity index is 136. The Labute approximate surface area is 89.9 Å². The molecule has 0 saturated heterocycles. The van der Waals surface area contributed by atoms with Gasteiger partial charge in [0.15, 0.2) is 0 Å². The van der Waals surface area contributed by atoms with Crippen LogP contribution in [0.4, 0.5) is 0 Å². The Morgan fingerprint density at radius 2 is 1.71 bits per heavy atom. The van der Waals surface area contributed by atoms with Gasteiger partial charge >= 0.3 is 0 Å². The molecule has 0 aromatic heterocycles. The molecule has 0 amide bonds. The maximum Gasteiger partial charge on any atom is 0.0105 e. The van der Waals surface area contributed by atoms with E-state index in [1.165, 1.54) is 19.5 Å². The van der Waals surface area contributed by atoms with Gasteiger partial charge < -0.3 is 10.6 Å². The minimum atomic E-state index is 0.434. The van der Waals surface area contributed by atoms with Crippen LogP contribution in [-0.2, 0) is 0 Å². The molecule has 0 aromatic rings. The molecule has 0 bridgehead atoms. The van der Waals surface area contributed by atoms with Gasteiger partial charge in [-0.05, 0) is 24.3 Å². The van der Waals surface area contributed by atoms with Gasteiger partial charge in [-0.1, -0.05) is 34.6 Å². The molecular formula is C12H28N2. The van der Waals surface area contributed by atoms with Gasteiger partial charge in [-0.15, -0.1) is 0 Å². The molecule has 0 fully saturated rings. The van der Waals surface area contributed by atoms with Crippen molar-refractivity contribution in [3.05, 3.63) is 0 Å². The molecule has 14 heavy (non-hydrogen) atoms. The van der Waals surface area contributed by atoms with Gasteiger partial charge in [0.05, 0.1) is 0 Å². The zero-order chi connectivity index (χ0) is 11.2. The van der Waals surface area contributed by atoms with Crippen LogP contribution in [-0.4, -0.2) is 31.1 Å². The zero-order valence-corrected chi connectivity index (χ0v) is 10.6. The van der Waals surface area contributed by atoms with Crippen LogP contribution in [0.3, 0.4) is 0 Å². The fourth-order valence-corrected chi connectivity index (χ4v) is 1.49. The van der Waals surface area contributed by atoms with E-state index in [9.17, 15) is 0 Å². The minimum absolute atomic E-state index is 0.434. The summed E-state index contributed by atoms with van der Waals surface area (Å²) in [4.78, 5) is 2.48. The van der Waals surface area contributed by atoms with Crippen LogP contribution < -0.4 is 5.73 Å². The van der Waals surface area contributed by atoms with Gasteiger partial charge in [-0.25, -0.2) is 0 Å². The minimum Gasteiger partial charge on any atom is -0.329 e. The normalized spacial score (nSPS) is 12.9. The van der Waals surface area contributed by atoms with Crippen LogP contribution in [0, 0.1) is 11.3 Å². The highest BCUT2D eigenvalue weighted by Gasteiger charge is 2.13. The van der Waals surface area contributed by atoms with Crippen LogP contribution in [0.15, 0.2) is 0 Å². The van der Waals surface area contributed by atoms with E-state index >= 15 is 0 Å². The zero-order valence-electron chi connectivity index (χ0n) is 10.6. The first-order chi connectivity index (χ1) is 6.35. The third-order valence-electron chi connectivity index (χ3n) is 2.25. The van der Waals surface area contributed by atoms with Crippen LogP contribution in [0.25, 0.3) is 0 Å². The van der Waals surface area contributed by atoms with E-state index in [4.69, 9.17) is 5.73 Å². The molecule has 86 valence electrons. The second kappa shape index (κ2) is 6.41. The topological polar surface area (TPSA) is 29.3 Å². The molecule has 0 aliphatic carbocycles. The SMILES string of the molecule is CC(C)CN(CCN)CCC(C)(C)C. The highest BCUT2D eigenvalue weighted by atomic mass is 15.1. The molecule has 0 aliphatic rings. The second-order valence-corrected chi connectivity index (χ2v) is 5.79. The Morgan fingerprint density at radius 1 is 1.14 bits per heavy atom. The summed E-state index contributed by atoms with van der Waals surface area (Å²) >= 11 is 0. The van der Waals surface area contributed by atoms with Crippen molar-refractivity contribution in [1.29, 1.82) is 0 Å². The number of nitrogens with two attached hydrogens (primary N) is 1. The highest BCUT2D eigenvalue weighted by Crippen LogP contribution is 2.18. The largest absolute Gasteiger partial charge is 0.329 e. The molecule has 2 nitrogen and oxygen atoms in total. The summed E-state index contributed by atoms with van der Waals surface area (Å²) in [5, 5.41) is 0. The number of rotatable bonds is 6. The van der Waals surface area contributed by atoms with Gasteiger partial charge in [0.2, 0.25) is 0 Å². The first-order valence-electron chi connectivity index (χ1n) is 5.77. The van der Waals surface area contributed by atoms with Crippen molar-refractivity contribution in [2.75, 3.05) is 26.2 Å². The van der Waals surface area contributed by atoms with Gasteiger partial charge in [0, 0.05) is 19.6 Å². The van der Waals surface area contributed by atoms with E-state index in [0.29, 0.717) is 5.41 Å². The fourth-order valence-electron chi connectivity index (χ4n) is 1.49. The third-order valence-corrected chi connectivity index (χ3v) is 2.25. The average molecular weight is 200 g/mol. The summed E-state index contributed by atoms with van der Waals surface area (Å²) in [6.45, 7) is 15.6. The van der Waals surface area contributed by atoms with Crippen molar-refractivity contribution in [3.8, 4) is 0 Å². The molecule has 0 heterocycles. The van der Waals surface area contributed by atoms with E-state index in [1.807, 2.05) is 0 Å². The predicted molar refractivity (Wildman–Crippen MR) is 64.4 cm³/mol. The maximum atomic E-state index is 5.60. The molecular weight excluding hydrogens is 172 g/mol. The van der Waals surface area contributed by atoms with Crippen molar-refractivity contribution in [3.63, 3.8) is 0 Å². The lowest BCUT2D eigenvalue weighted by atomic mass is 9.92. The molecule has 0 spiro atoms. The molecule has 0 saturated carbocycles. The molecule has 2 N–H and O–H groups in total. The molecule has 0 radical (unpaired) electrons. The van der Waals surface area contributed by atoms with Crippen LogP contribution >= 0.6 is 0 Å². The number of hydrogen-bond donors (Lipinski definition) is 1. The molecule has 0 atom stereocenters. The first-order valence-corrected chi connectivity index (χ1v) is 5.77. The Balaban J connectivity index is 3.84. The lowest BCUT2D eigenvalue weighted by molar-refractivity contribution is 0.212. The summed E-state index contributed by atoms with van der Waals surface area (Å²) in [5.74, 6) is 0.738. The Morgan fingerprint density at radius 3 is 2.07 bits per heavy atom. The number of hydrogen-bond acceptors (Lipinski definition) is 2. The quantitative estimate of drug-likeness (QED) is 0.713. The first kappa shape index (κ1) is 13.9. The standard InChI is InChI=1S/C12H28N2/c1-11(2)10-14(9-7-13)8-6-12(3,4)5/h11H,6-10,13H2,1-5H3. The highest BCUT2D eigenvalue weighted by molar-refractivity contribution is 4.67. The monoisotopic (exact) mass is 200 g/mol. The van der Waals surface area contributed by atoms with E-state index < -0.39 is 0 Å². The Hall–Kier alpha value is -0.0800. The van der Waals surface area contributed by atoms with Crippen molar-refractivity contribution < 1.29 is 0 Å². The van der Waals surface area contributed by atoms with Crippen LogP contribution in [0.1, 0.15) is 41.0 Å². The molecule has 2 heteroatoms. The lowest BCUT2D eigenvalue weighted by Gasteiger charge is -2.27. The Kier molecular flexibility index (Phi) is 6.38.